The minimum Gasteiger partial charge on any atom is -0.384 e. The number of aliphatic hydroxyl groups excluding tert-OH is 1. The lowest BCUT2D eigenvalue weighted by Crippen LogP contribution is -2.11. The summed E-state index contributed by atoms with van der Waals surface area (Å²) in [6.45, 7) is 0. The predicted octanol–water partition coefficient (Wildman–Crippen LogP) is 0.963. The fourth-order valence-electron chi connectivity index (χ4n) is 2.30. The fraction of sp³-hybridized carbons (Fsp3) is 0.364. The Morgan fingerprint density at radius 1 is 1.44 bits per heavy atom. The molecule has 2 aromatic rings. The van der Waals surface area contributed by atoms with Crippen molar-refractivity contribution in [2.75, 3.05) is 0 Å². The Labute approximate surface area is 92.6 Å². The summed E-state index contributed by atoms with van der Waals surface area (Å²) in [4.78, 5) is 8.34. The molecule has 3 rings (SSSR count). The first-order valence-corrected chi connectivity index (χ1v) is 5.33. The number of H-pyrrole nitrogens is 1. The van der Waals surface area contributed by atoms with Crippen LogP contribution in [0.1, 0.15) is 35.5 Å². The van der Waals surface area contributed by atoms with Gasteiger partial charge in [-0.25, -0.2) is 4.98 Å². The lowest BCUT2D eigenvalue weighted by Gasteiger charge is -2.15. The molecule has 0 saturated carbocycles. The van der Waals surface area contributed by atoms with E-state index in [0.717, 1.165) is 18.5 Å². The average molecular weight is 216 g/mol. The van der Waals surface area contributed by atoms with Crippen molar-refractivity contribution in [1.82, 2.24) is 20.2 Å². The second kappa shape index (κ2) is 3.68. The van der Waals surface area contributed by atoms with Crippen LogP contribution >= 0.6 is 0 Å². The molecule has 16 heavy (non-hydrogen) atoms. The molecule has 0 fully saturated rings. The summed E-state index contributed by atoms with van der Waals surface area (Å²) in [5.74, 6) is 0.549. The number of fused-ring (bicyclic) bond motifs is 1. The van der Waals surface area contributed by atoms with E-state index in [2.05, 4.69) is 26.2 Å². The van der Waals surface area contributed by atoms with Crippen LogP contribution in [0.15, 0.2) is 24.7 Å². The Balaban J connectivity index is 1.93. The maximum absolute atomic E-state index is 10.2. The van der Waals surface area contributed by atoms with Gasteiger partial charge in [0, 0.05) is 17.8 Å². The van der Waals surface area contributed by atoms with E-state index >= 15 is 0 Å². The van der Waals surface area contributed by atoms with E-state index in [4.69, 9.17) is 0 Å². The van der Waals surface area contributed by atoms with Crippen LogP contribution in [0.5, 0.6) is 0 Å². The van der Waals surface area contributed by atoms with Gasteiger partial charge in [-0.15, -0.1) is 0 Å². The van der Waals surface area contributed by atoms with Crippen molar-refractivity contribution < 1.29 is 5.11 Å². The maximum Gasteiger partial charge on any atom is 0.153 e. The van der Waals surface area contributed by atoms with Gasteiger partial charge in [0.15, 0.2) is 5.82 Å². The normalized spacial score (nSPS) is 20.7. The molecule has 0 aromatic carbocycles. The molecule has 0 bridgehead atoms. The average Bonchev–Trinajstić information content (AvgIpc) is 2.98. The largest absolute Gasteiger partial charge is 0.384 e. The third-order valence-corrected chi connectivity index (χ3v) is 3.10. The Hall–Kier alpha value is -1.75. The Morgan fingerprint density at radius 3 is 3.19 bits per heavy atom. The number of nitrogens with one attached hydrogen (secondary N) is 1. The van der Waals surface area contributed by atoms with E-state index in [-0.39, 0.29) is 5.92 Å². The number of aromatic amines is 1. The van der Waals surface area contributed by atoms with Crippen molar-refractivity contribution in [3.8, 4) is 0 Å². The number of nitrogens with zero attached hydrogens (tertiary/aromatic N) is 3. The molecular formula is C11H12N4O. The molecule has 5 heteroatoms. The van der Waals surface area contributed by atoms with Crippen LogP contribution in [0, 0.1) is 0 Å². The summed E-state index contributed by atoms with van der Waals surface area (Å²) in [6.07, 6.45) is 4.42. The van der Waals surface area contributed by atoms with Crippen LogP contribution in [-0.4, -0.2) is 25.3 Å². The van der Waals surface area contributed by atoms with Gasteiger partial charge in [0.2, 0.25) is 0 Å². The van der Waals surface area contributed by atoms with Gasteiger partial charge in [-0.1, -0.05) is 6.07 Å². The molecule has 2 aromatic heterocycles. The first-order chi connectivity index (χ1) is 7.86. The zero-order valence-electron chi connectivity index (χ0n) is 8.67. The second-order valence-corrected chi connectivity index (χ2v) is 4.01. The number of aromatic nitrogens is 4. The molecule has 2 heterocycles. The summed E-state index contributed by atoms with van der Waals surface area (Å²) in [7, 11) is 0. The highest BCUT2D eigenvalue weighted by atomic mass is 16.3. The molecular weight excluding hydrogens is 204 g/mol. The van der Waals surface area contributed by atoms with Crippen molar-refractivity contribution in [3.63, 3.8) is 0 Å². The van der Waals surface area contributed by atoms with Gasteiger partial charge in [-0.05, 0) is 24.5 Å². The zero-order valence-corrected chi connectivity index (χ0v) is 8.67. The molecule has 2 unspecified atom stereocenters. The second-order valence-electron chi connectivity index (χ2n) is 4.01. The minimum absolute atomic E-state index is 0.0316. The number of aliphatic hydroxyl groups is 1. The molecule has 5 nitrogen and oxygen atoms in total. The number of aryl methyl sites for hydroxylation is 1. The highest BCUT2D eigenvalue weighted by Crippen LogP contribution is 2.39. The molecule has 1 aliphatic carbocycles. The van der Waals surface area contributed by atoms with Gasteiger partial charge in [0.05, 0.1) is 0 Å². The lowest BCUT2D eigenvalue weighted by molar-refractivity contribution is 0.134. The van der Waals surface area contributed by atoms with Crippen molar-refractivity contribution >= 4 is 0 Å². The molecule has 0 amide bonds. The summed E-state index contributed by atoms with van der Waals surface area (Å²) in [6, 6.07) is 4.00. The molecule has 1 aliphatic rings. The van der Waals surface area contributed by atoms with Gasteiger partial charge in [-0.2, -0.15) is 5.10 Å². The van der Waals surface area contributed by atoms with E-state index in [9.17, 15) is 5.11 Å². The molecule has 2 N–H and O–H groups in total. The number of pyridine rings is 1. The predicted molar refractivity (Wildman–Crippen MR) is 56.6 cm³/mol. The summed E-state index contributed by atoms with van der Waals surface area (Å²) in [5.41, 5.74) is 2.22. The van der Waals surface area contributed by atoms with Gasteiger partial charge < -0.3 is 5.11 Å². The highest BCUT2D eigenvalue weighted by Gasteiger charge is 2.32. The molecule has 0 spiro atoms. The van der Waals surface area contributed by atoms with Crippen molar-refractivity contribution in [1.29, 1.82) is 0 Å². The minimum atomic E-state index is -0.640. The monoisotopic (exact) mass is 216 g/mol. The maximum atomic E-state index is 10.2. The highest BCUT2D eigenvalue weighted by molar-refractivity contribution is 5.30. The van der Waals surface area contributed by atoms with Crippen LogP contribution in [-0.2, 0) is 6.42 Å². The molecule has 0 saturated heterocycles. The third-order valence-electron chi connectivity index (χ3n) is 3.10. The van der Waals surface area contributed by atoms with Gasteiger partial charge in [-0.3, -0.25) is 10.1 Å². The van der Waals surface area contributed by atoms with E-state index in [1.54, 1.807) is 6.20 Å². The van der Waals surface area contributed by atoms with E-state index in [1.165, 1.54) is 11.9 Å². The first-order valence-electron chi connectivity index (χ1n) is 5.33. The van der Waals surface area contributed by atoms with Gasteiger partial charge >= 0.3 is 0 Å². The van der Waals surface area contributed by atoms with Crippen molar-refractivity contribution in [2.45, 2.75) is 24.9 Å². The van der Waals surface area contributed by atoms with Crippen LogP contribution in [0.2, 0.25) is 0 Å². The molecule has 0 radical (unpaired) electrons. The third kappa shape index (κ3) is 1.40. The Kier molecular flexibility index (Phi) is 2.18. The first kappa shape index (κ1) is 9.47. The van der Waals surface area contributed by atoms with Gasteiger partial charge in [0.1, 0.15) is 12.4 Å². The molecule has 0 aliphatic heterocycles. The van der Waals surface area contributed by atoms with Crippen LogP contribution < -0.4 is 0 Å². The SMILES string of the molecule is OC(c1ncn[nH]1)C1CCc2cccnc21. The zero-order chi connectivity index (χ0) is 11.0. The smallest absolute Gasteiger partial charge is 0.153 e. The Morgan fingerprint density at radius 2 is 2.38 bits per heavy atom. The number of rotatable bonds is 2. The summed E-state index contributed by atoms with van der Waals surface area (Å²) in [5, 5.41) is 16.6. The van der Waals surface area contributed by atoms with Crippen molar-refractivity contribution in [2.24, 2.45) is 0 Å². The van der Waals surface area contributed by atoms with Crippen LogP contribution in [0.3, 0.4) is 0 Å². The van der Waals surface area contributed by atoms with Crippen LogP contribution in [0.4, 0.5) is 0 Å². The van der Waals surface area contributed by atoms with E-state index < -0.39 is 6.10 Å². The molecule has 2 atom stereocenters. The van der Waals surface area contributed by atoms with Gasteiger partial charge in [0.25, 0.3) is 0 Å². The number of hydrogen-bond donors (Lipinski definition) is 2. The van der Waals surface area contributed by atoms with Crippen molar-refractivity contribution in [3.05, 3.63) is 41.7 Å². The molecule has 82 valence electrons. The summed E-state index contributed by atoms with van der Waals surface area (Å²) < 4.78 is 0. The standard InChI is InChI=1S/C11H12N4O/c16-10(11-13-6-14-15-11)8-4-3-7-2-1-5-12-9(7)8/h1-2,5-6,8,10,16H,3-4H2,(H,13,14,15). The van der Waals surface area contributed by atoms with E-state index in [1.807, 2.05) is 6.07 Å². The Bertz CT molecular complexity index is 482. The topological polar surface area (TPSA) is 74.7 Å². The van der Waals surface area contributed by atoms with Crippen LogP contribution in [0.25, 0.3) is 0 Å². The number of hydrogen-bond acceptors (Lipinski definition) is 4. The lowest BCUT2D eigenvalue weighted by atomic mass is 9.99. The van der Waals surface area contributed by atoms with E-state index in [0.29, 0.717) is 5.82 Å². The fourth-order valence-corrected chi connectivity index (χ4v) is 2.30. The summed E-state index contributed by atoms with van der Waals surface area (Å²) >= 11 is 0. The quantitative estimate of drug-likeness (QED) is 0.784.